The lowest BCUT2D eigenvalue weighted by Crippen LogP contribution is -2.29. The van der Waals surface area contributed by atoms with Crippen LogP contribution in [0.15, 0.2) is 59.8 Å². The number of carbonyl (C=O) groups is 1. The molecule has 1 unspecified atom stereocenters. The molecule has 4 aromatic rings. The highest BCUT2D eigenvalue weighted by Gasteiger charge is 2.15. The third-order valence-corrected chi connectivity index (χ3v) is 5.83. The molecule has 2 heterocycles. The van der Waals surface area contributed by atoms with Gasteiger partial charge in [-0.15, -0.1) is 5.10 Å². The SMILES string of the molecule is CCC(CNC(=O)CSc1nc2ccccc2c2nc(C)nn12)c1ccccc1. The Bertz CT molecular complexity index is 1140. The van der Waals surface area contributed by atoms with E-state index >= 15 is 0 Å². The van der Waals surface area contributed by atoms with E-state index < -0.39 is 0 Å². The Labute approximate surface area is 173 Å². The van der Waals surface area contributed by atoms with E-state index in [0.29, 0.717) is 23.4 Å². The van der Waals surface area contributed by atoms with Crippen LogP contribution < -0.4 is 5.32 Å². The van der Waals surface area contributed by atoms with Gasteiger partial charge in [-0.2, -0.15) is 4.52 Å². The number of hydrogen-bond acceptors (Lipinski definition) is 5. The summed E-state index contributed by atoms with van der Waals surface area (Å²) < 4.78 is 1.73. The van der Waals surface area contributed by atoms with Gasteiger partial charge in [0, 0.05) is 17.8 Å². The fraction of sp³-hybridized carbons (Fsp3) is 0.273. The zero-order valence-corrected chi connectivity index (χ0v) is 17.3. The van der Waals surface area contributed by atoms with Crippen molar-refractivity contribution in [2.45, 2.75) is 31.3 Å². The summed E-state index contributed by atoms with van der Waals surface area (Å²) in [7, 11) is 0. The van der Waals surface area contributed by atoms with Gasteiger partial charge < -0.3 is 5.32 Å². The fourth-order valence-electron chi connectivity index (χ4n) is 3.37. The quantitative estimate of drug-likeness (QED) is 0.372. The molecule has 0 bridgehead atoms. The lowest BCUT2D eigenvalue weighted by atomic mass is 9.96. The first-order valence-corrected chi connectivity index (χ1v) is 10.7. The molecular weight excluding hydrogens is 382 g/mol. The van der Waals surface area contributed by atoms with E-state index in [1.165, 1.54) is 17.3 Å². The summed E-state index contributed by atoms with van der Waals surface area (Å²) in [6, 6.07) is 18.1. The van der Waals surface area contributed by atoms with Crippen LogP contribution in [0.1, 0.15) is 30.7 Å². The van der Waals surface area contributed by atoms with Gasteiger partial charge in [-0.25, -0.2) is 9.97 Å². The van der Waals surface area contributed by atoms with Crippen molar-refractivity contribution in [1.82, 2.24) is 24.9 Å². The number of amides is 1. The predicted molar refractivity (Wildman–Crippen MR) is 116 cm³/mol. The number of thioether (sulfide) groups is 1. The minimum absolute atomic E-state index is 0.00988. The molecule has 0 spiro atoms. The summed E-state index contributed by atoms with van der Waals surface area (Å²) in [5.74, 6) is 1.27. The molecule has 4 rings (SSSR count). The lowest BCUT2D eigenvalue weighted by Gasteiger charge is -2.16. The van der Waals surface area contributed by atoms with Crippen LogP contribution in [0.4, 0.5) is 0 Å². The van der Waals surface area contributed by atoms with Gasteiger partial charge in [0.25, 0.3) is 0 Å². The van der Waals surface area contributed by atoms with E-state index in [2.05, 4.69) is 34.5 Å². The summed E-state index contributed by atoms with van der Waals surface area (Å²) in [6.45, 7) is 4.63. The van der Waals surface area contributed by atoms with Crippen LogP contribution >= 0.6 is 11.8 Å². The van der Waals surface area contributed by atoms with Crippen LogP contribution in [0, 0.1) is 6.92 Å². The molecule has 0 aliphatic rings. The van der Waals surface area contributed by atoms with Gasteiger partial charge >= 0.3 is 0 Å². The average molecular weight is 406 g/mol. The van der Waals surface area contributed by atoms with Crippen molar-refractivity contribution in [3.63, 3.8) is 0 Å². The first kappa shape index (κ1) is 19.4. The van der Waals surface area contributed by atoms with E-state index in [1.54, 1.807) is 4.52 Å². The molecule has 148 valence electrons. The molecule has 7 heteroatoms. The third kappa shape index (κ3) is 4.24. The average Bonchev–Trinajstić information content (AvgIpc) is 3.15. The summed E-state index contributed by atoms with van der Waals surface area (Å²) in [4.78, 5) is 21.7. The Morgan fingerprint density at radius 2 is 1.86 bits per heavy atom. The van der Waals surface area contributed by atoms with Crippen LogP contribution in [-0.2, 0) is 4.79 Å². The number of aromatic nitrogens is 4. The summed E-state index contributed by atoms with van der Waals surface area (Å²) >= 11 is 1.38. The number of aryl methyl sites for hydroxylation is 1. The molecule has 0 saturated carbocycles. The normalized spacial score (nSPS) is 12.3. The molecule has 29 heavy (non-hydrogen) atoms. The van der Waals surface area contributed by atoms with Crippen LogP contribution in [0.25, 0.3) is 16.6 Å². The van der Waals surface area contributed by atoms with E-state index in [9.17, 15) is 4.79 Å². The van der Waals surface area contributed by atoms with E-state index in [-0.39, 0.29) is 11.7 Å². The summed E-state index contributed by atoms with van der Waals surface area (Å²) in [5, 5.41) is 9.14. The number of nitrogens with one attached hydrogen (secondary N) is 1. The number of hydrogen-bond donors (Lipinski definition) is 1. The number of benzene rings is 2. The predicted octanol–water partition coefficient (Wildman–Crippen LogP) is 3.99. The maximum absolute atomic E-state index is 12.5. The molecule has 1 amide bonds. The van der Waals surface area contributed by atoms with Crippen LogP contribution in [0.5, 0.6) is 0 Å². The number of carbonyl (C=O) groups excluding carboxylic acids is 1. The minimum atomic E-state index is -0.00988. The molecule has 1 atom stereocenters. The zero-order chi connectivity index (χ0) is 20.2. The van der Waals surface area contributed by atoms with E-state index in [1.807, 2.05) is 49.4 Å². The maximum atomic E-state index is 12.5. The largest absolute Gasteiger partial charge is 0.355 e. The molecule has 2 aromatic carbocycles. The van der Waals surface area contributed by atoms with Crippen molar-refractivity contribution in [3.05, 3.63) is 66.0 Å². The van der Waals surface area contributed by atoms with Crippen molar-refractivity contribution < 1.29 is 4.79 Å². The van der Waals surface area contributed by atoms with Crippen molar-refractivity contribution >= 4 is 34.2 Å². The van der Waals surface area contributed by atoms with Crippen LogP contribution in [0.3, 0.4) is 0 Å². The molecule has 0 aliphatic heterocycles. The Hall–Kier alpha value is -2.93. The smallest absolute Gasteiger partial charge is 0.230 e. The molecular formula is C22H23N5OS. The Morgan fingerprint density at radius 1 is 1.10 bits per heavy atom. The van der Waals surface area contributed by atoms with Gasteiger partial charge in [0.2, 0.25) is 5.91 Å². The van der Waals surface area contributed by atoms with Gasteiger partial charge in [-0.3, -0.25) is 4.79 Å². The highest BCUT2D eigenvalue weighted by Crippen LogP contribution is 2.24. The van der Waals surface area contributed by atoms with Crippen molar-refractivity contribution in [3.8, 4) is 0 Å². The monoisotopic (exact) mass is 405 g/mol. The Balaban J connectivity index is 1.45. The van der Waals surface area contributed by atoms with Crippen molar-refractivity contribution in [1.29, 1.82) is 0 Å². The first-order chi connectivity index (χ1) is 14.2. The summed E-state index contributed by atoms with van der Waals surface area (Å²) in [5.41, 5.74) is 2.87. The minimum Gasteiger partial charge on any atom is -0.355 e. The second kappa shape index (κ2) is 8.61. The molecule has 0 aliphatic carbocycles. The molecule has 2 aromatic heterocycles. The second-order valence-electron chi connectivity index (χ2n) is 6.91. The molecule has 0 fully saturated rings. The van der Waals surface area contributed by atoms with Crippen LogP contribution in [0.2, 0.25) is 0 Å². The van der Waals surface area contributed by atoms with E-state index in [4.69, 9.17) is 4.98 Å². The second-order valence-corrected chi connectivity index (χ2v) is 7.86. The van der Waals surface area contributed by atoms with Gasteiger partial charge in [0.1, 0.15) is 5.82 Å². The topological polar surface area (TPSA) is 72.2 Å². The van der Waals surface area contributed by atoms with Gasteiger partial charge in [-0.05, 0) is 31.0 Å². The Morgan fingerprint density at radius 3 is 2.66 bits per heavy atom. The molecule has 0 radical (unpaired) electrons. The van der Waals surface area contributed by atoms with Crippen molar-refractivity contribution in [2.24, 2.45) is 0 Å². The number of nitrogens with zero attached hydrogens (tertiary/aromatic N) is 4. The van der Waals surface area contributed by atoms with E-state index in [0.717, 1.165) is 23.0 Å². The highest BCUT2D eigenvalue weighted by molar-refractivity contribution is 7.99. The third-order valence-electron chi connectivity index (χ3n) is 4.90. The standard InChI is InChI=1S/C22H23N5OS/c1-3-16(17-9-5-4-6-10-17)13-23-20(28)14-29-22-25-19-12-8-7-11-18(19)21-24-15(2)26-27(21)22/h4-12,16H,3,13-14H2,1-2H3,(H,23,28). The molecule has 0 saturated heterocycles. The zero-order valence-electron chi connectivity index (χ0n) is 16.5. The van der Waals surface area contributed by atoms with Crippen LogP contribution in [-0.4, -0.2) is 37.8 Å². The van der Waals surface area contributed by atoms with Crippen molar-refractivity contribution in [2.75, 3.05) is 12.3 Å². The highest BCUT2D eigenvalue weighted by atomic mass is 32.2. The van der Waals surface area contributed by atoms with Gasteiger partial charge in [0.05, 0.1) is 11.3 Å². The maximum Gasteiger partial charge on any atom is 0.230 e. The molecule has 1 N–H and O–H groups in total. The number of para-hydroxylation sites is 1. The number of rotatable bonds is 7. The lowest BCUT2D eigenvalue weighted by molar-refractivity contribution is -0.118. The van der Waals surface area contributed by atoms with Gasteiger partial charge in [0.15, 0.2) is 10.8 Å². The summed E-state index contributed by atoms with van der Waals surface area (Å²) in [6.07, 6.45) is 0.975. The first-order valence-electron chi connectivity index (χ1n) is 9.72. The Kier molecular flexibility index (Phi) is 5.76. The molecule has 6 nitrogen and oxygen atoms in total. The fourth-order valence-corrected chi connectivity index (χ4v) is 4.14. The number of fused-ring (bicyclic) bond motifs is 3. The van der Waals surface area contributed by atoms with Gasteiger partial charge in [-0.1, -0.05) is 61.2 Å².